The van der Waals surface area contributed by atoms with Crippen LogP contribution in [0.2, 0.25) is 0 Å². The van der Waals surface area contributed by atoms with E-state index in [9.17, 15) is 225 Å². The van der Waals surface area contributed by atoms with Gasteiger partial charge < -0.3 is 9.47 Å². The van der Waals surface area contributed by atoms with Crippen molar-refractivity contribution in [1.29, 1.82) is 0 Å². The van der Waals surface area contributed by atoms with Gasteiger partial charge in [0.25, 0.3) is 0 Å². The molecule has 99 heavy (non-hydrogen) atoms. The van der Waals surface area contributed by atoms with Crippen molar-refractivity contribution < 1.29 is 243 Å². The van der Waals surface area contributed by atoms with Gasteiger partial charge in [0.05, 0.1) is 6.42 Å². The minimum atomic E-state index is -11.0. The number of alkyl halides is 51. The highest BCUT2D eigenvalue weighted by molar-refractivity contribution is 5.70. The van der Waals surface area contributed by atoms with Gasteiger partial charge >= 0.3 is 160 Å². The third-order valence-electron chi connectivity index (χ3n) is 13.7. The maximum atomic E-state index is 15.1. The molecule has 1 unspecified atom stereocenters. The Kier molecular flexibility index (Phi) is 26.2. The number of esters is 2. The smallest absolute Gasteiger partial charge is 0.460 e. The Bertz CT molecular complexity index is 2720. The van der Waals surface area contributed by atoms with E-state index < -0.39 is 199 Å². The molecular weight excluding hydrogens is 1560 g/mol. The van der Waals surface area contributed by atoms with Crippen molar-refractivity contribution in [3.8, 4) is 0 Å². The molecule has 0 bridgehead atoms. The second-order valence-electron chi connectivity index (χ2n) is 20.7. The summed E-state index contributed by atoms with van der Waals surface area (Å²) in [5.74, 6) is -252. The summed E-state index contributed by atoms with van der Waals surface area (Å²) in [5.41, 5.74) is 0. The summed E-state index contributed by atoms with van der Waals surface area (Å²) in [7, 11) is 0. The number of halogens is 51. The van der Waals surface area contributed by atoms with E-state index in [-0.39, 0.29) is 25.7 Å². The predicted molar refractivity (Wildman–Crippen MR) is 217 cm³/mol. The number of carbonyl (C=O) groups is 2. The summed E-state index contributed by atoms with van der Waals surface area (Å²) < 4.78 is 733. The fourth-order valence-corrected chi connectivity index (χ4v) is 7.35. The van der Waals surface area contributed by atoms with E-state index in [1.54, 1.807) is 13.8 Å². The molecule has 0 amide bonds. The summed E-state index contributed by atoms with van der Waals surface area (Å²) >= 11 is 0. The number of unbranched alkanes of at least 4 members (excludes halogenated alkanes) is 8. The van der Waals surface area contributed by atoms with Crippen LogP contribution in [-0.2, 0) is 19.1 Å². The lowest BCUT2D eigenvalue weighted by atomic mass is 9.81. The van der Waals surface area contributed by atoms with Gasteiger partial charge in [0.15, 0.2) is 0 Å². The van der Waals surface area contributed by atoms with Crippen molar-refractivity contribution in [2.45, 2.75) is 252 Å². The van der Waals surface area contributed by atoms with E-state index in [0.717, 1.165) is 0 Å². The highest BCUT2D eigenvalue weighted by atomic mass is 19.5. The van der Waals surface area contributed by atoms with Crippen molar-refractivity contribution in [1.82, 2.24) is 0 Å². The van der Waals surface area contributed by atoms with E-state index in [2.05, 4.69) is 9.47 Å². The van der Waals surface area contributed by atoms with Crippen LogP contribution in [0.3, 0.4) is 0 Å². The zero-order valence-corrected chi connectivity index (χ0v) is 46.9. The van der Waals surface area contributed by atoms with Crippen LogP contribution in [0.1, 0.15) is 97.3 Å². The molecule has 0 saturated carbocycles. The fraction of sp³-hybridized carbons (Fsp3) is 0.955. The van der Waals surface area contributed by atoms with Crippen LogP contribution in [0.25, 0.3) is 0 Å². The monoisotopic (exact) mass is 1600 g/mol. The quantitative estimate of drug-likeness (QED) is 0.0349. The summed E-state index contributed by atoms with van der Waals surface area (Å²) in [6, 6.07) is 0. The van der Waals surface area contributed by atoms with Crippen LogP contribution in [0, 0.1) is 0 Å². The van der Waals surface area contributed by atoms with Crippen LogP contribution in [0.4, 0.5) is 224 Å². The average Bonchev–Trinajstić information content (AvgIpc) is 0.683. The molecular formula is C44H35F51O4. The Labute approximate surface area is 513 Å². The largest absolute Gasteiger partial charge is 0.462 e. The van der Waals surface area contributed by atoms with Gasteiger partial charge in [0.2, 0.25) is 0 Å². The van der Waals surface area contributed by atoms with Gasteiger partial charge in [-0.2, -0.15) is 224 Å². The third kappa shape index (κ3) is 13.6. The molecule has 0 saturated heterocycles. The molecule has 0 radical (unpaired) electrons. The van der Waals surface area contributed by atoms with Gasteiger partial charge in [-0.05, 0) is 12.8 Å². The van der Waals surface area contributed by atoms with Gasteiger partial charge in [-0.3, -0.25) is 9.59 Å². The molecule has 0 aromatic heterocycles. The first kappa shape index (κ1) is 94.4. The lowest BCUT2D eigenvalue weighted by Gasteiger charge is -2.48. The van der Waals surface area contributed by atoms with Crippen molar-refractivity contribution >= 4 is 11.9 Å². The fourth-order valence-electron chi connectivity index (χ4n) is 7.35. The highest BCUT2D eigenvalue weighted by Gasteiger charge is 3.05. The first-order valence-corrected chi connectivity index (χ1v) is 25.3. The van der Waals surface area contributed by atoms with Crippen LogP contribution >= 0.6 is 0 Å². The lowest BCUT2D eigenvalue weighted by molar-refractivity contribution is -0.499. The molecule has 0 aliphatic rings. The van der Waals surface area contributed by atoms with Crippen LogP contribution < -0.4 is 0 Å². The molecule has 0 aromatic rings. The Morgan fingerprint density at radius 2 is 0.404 bits per heavy atom. The maximum absolute atomic E-state index is 15.1. The van der Waals surface area contributed by atoms with Gasteiger partial charge in [0.1, 0.15) is 12.7 Å². The first-order chi connectivity index (χ1) is 42.8. The van der Waals surface area contributed by atoms with E-state index in [4.69, 9.17) is 0 Å². The molecule has 0 aliphatic heterocycles. The van der Waals surface area contributed by atoms with Crippen molar-refractivity contribution in [2.75, 3.05) is 6.61 Å². The molecule has 0 aromatic carbocycles. The lowest BCUT2D eigenvalue weighted by Crippen LogP contribution is -2.81. The minimum absolute atomic E-state index is 0.0360. The Morgan fingerprint density at radius 1 is 0.232 bits per heavy atom. The minimum Gasteiger partial charge on any atom is -0.462 e. The van der Waals surface area contributed by atoms with E-state index in [1.165, 1.54) is 0 Å². The normalized spacial score (nSPS) is 16.5. The van der Waals surface area contributed by atoms with E-state index in [0.29, 0.717) is 32.1 Å². The highest BCUT2D eigenvalue weighted by Crippen LogP contribution is 2.73. The zero-order chi connectivity index (χ0) is 80.5. The molecule has 0 spiro atoms. The number of hydrogen-bond acceptors (Lipinski definition) is 4. The van der Waals surface area contributed by atoms with Crippen LogP contribution in [0.5, 0.6) is 0 Å². The first-order valence-electron chi connectivity index (χ1n) is 25.3. The van der Waals surface area contributed by atoms with Gasteiger partial charge in [0, 0.05) is 12.8 Å². The zero-order valence-electron chi connectivity index (χ0n) is 46.9. The topological polar surface area (TPSA) is 52.6 Å². The van der Waals surface area contributed by atoms with Crippen molar-refractivity contribution in [3.05, 3.63) is 0 Å². The SMILES string of the molecule is CCCCCCCC(=O)OCC(CC(F)(F)C(F)(F)C(F)(F)C(F)(F)C(F)(F)C(F)(F)C(F)(F)C(F)(F)C(F)(F)C(F)(F)C(F)(F)C(F)(F)C(F)(F)C(F)(F)C(F)(F)C(F)(F)C(F)(F)C(F)(F)C(F)(F)C(F)(F)C(F)(F)C(F)(F)C(F)(F)C(F)(F)C(F)(F)F)OC(=O)CCCCCCC. The Balaban J connectivity index is 8.06. The molecule has 0 N–H and O–H groups in total. The Hall–Kier alpha value is -4.63. The molecule has 4 nitrogen and oxygen atoms in total. The number of carbonyl (C=O) groups excluding carboxylic acids is 2. The number of ether oxygens (including phenoxy) is 2. The molecule has 0 heterocycles. The summed E-state index contributed by atoms with van der Waals surface area (Å²) in [5, 5.41) is 0. The van der Waals surface area contributed by atoms with Gasteiger partial charge in [-0.15, -0.1) is 0 Å². The third-order valence-corrected chi connectivity index (χ3v) is 13.7. The summed E-state index contributed by atoms with van der Waals surface area (Å²) in [6.45, 7) is 1.04. The second kappa shape index (κ2) is 27.4. The van der Waals surface area contributed by atoms with Gasteiger partial charge in [-0.1, -0.05) is 65.2 Å². The van der Waals surface area contributed by atoms with E-state index >= 15 is 8.78 Å². The second-order valence-corrected chi connectivity index (χ2v) is 20.7. The van der Waals surface area contributed by atoms with Crippen molar-refractivity contribution in [2.24, 2.45) is 0 Å². The Morgan fingerprint density at radius 3 is 0.596 bits per heavy atom. The molecule has 1 atom stereocenters. The molecule has 0 aliphatic carbocycles. The summed E-state index contributed by atoms with van der Waals surface area (Å²) in [6.07, 6.45) is -16.1. The summed E-state index contributed by atoms with van der Waals surface area (Å²) in [4.78, 5) is 24.4. The molecule has 0 fully saturated rings. The van der Waals surface area contributed by atoms with Gasteiger partial charge in [-0.25, -0.2) is 0 Å². The number of hydrogen-bond donors (Lipinski definition) is 0. The van der Waals surface area contributed by atoms with E-state index in [1.807, 2.05) is 0 Å². The van der Waals surface area contributed by atoms with Crippen LogP contribution in [0.15, 0.2) is 0 Å². The van der Waals surface area contributed by atoms with Crippen molar-refractivity contribution in [3.63, 3.8) is 0 Å². The maximum Gasteiger partial charge on any atom is 0.460 e. The molecule has 0 rings (SSSR count). The number of rotatable bonds is 40. The van der Waals surface area contributed by atoms with Crippen LogP contribution in [-0.4, -0.2) is 173 Å². The predicted octanol–water partition coefficient (Wildman–Crippen LogP) is 21.4. The molecule has 55 heteroatoms. The average molecular weight is 1600 g/mol. The molecule has 592 valence electrons. The standard InChI is InChI=1S/C44H35F51O4/c1-3-5-7-9-11-13-18(96)98-16-17(99-19(97)14-12-10-8-6-4-2)15-20(45,46)21(47,48)22(49,50)23(51,52)24(53,54)25(55,56)26(57,58)27(59,60)28(61,62)29(63,64)30(65,66)31(67,68)32(69,70)33(71,72)34(73,74)35(75,76)36(77,78)37(79,80)38(81,82)39(83,84)40(85,86)41(87,88)42(89,90)43(91,92)44(93,94)95/h17H,3-16H2,1-2H3.